The Hall–Kier alpha value is -1.97. The van der Waals surface area contributed by atoms with Crippen molar-refractivity contribution < 1.29 is 9.94 Å². The van der Waals surface area contributed by atoms with Gasteiger partial charge in [-0.25, -0.2) is 4.73 Å². The van der Waals surface area contributed by atoms with E-state index in [9.17, 15) is 10.4 Å². The topological polar surface area (TPSA) is 52.1 Å². The molecule has 1 aromatic heterocycles. The fourth-order valence-corrected chi connectivity index (χ4v) is 1.65. The van der Waals surface area contributed by atoms with Crippen molar-refractivity contribution in [1.82, 2.24) is 4.73 Å². The number of aromatic nitrogens is 2. The fourth-order valence-electron chi connectivity index (χ4n) is 1.65. The number of rotatable bonds is 1. The standard InChI is InChI=1S/C12H14N2O2/c1-8-4-6-11(7-5-8)12-13(15)9(2)10(3)14(12)16/h4-7,15H,1-3H3. The average molecular weight is 218 g/mol. The third-order valence-corrected chi connectivity index (χ3v) is 2.85. The van der Waals surface area contributed by atoms with Crippen LogP contribution >= 0.6 is 0 Å². The van der Waals surface area contributed by atoms with E-state index < -0.39 is 0 Å². The number of aryl methyl sites for hydroxylation is 1. The molecule has 0 amide bonds. The first-order chi connectivity index (χ1) is 7.52. The maximum absolute atomic E-state index is 11.8. The number of nitrogens with zero attached hydrogens (tertiary/aromatic N) is 2. The molecule has 16 heavy (non-hydrogen) atoms. The van der Waals surface area contributed by atoms with E-state index >= 15 is 0 Å². The van der Waals surface area contributed by atoms with E-state index in [1.807, 2.05) is 31.2 Å². The van der Waals surface area contributed by atoms with E-state index in [0.717, 1.165) is 15.0 Å². The van der Waals surface area contributed by atoms with Gasteiger partial charge in [-0.1, -0.05) is 17.7 Å². The summed E-state index contributed by atoms with van der Waals surface area (Å²) in [5.41, 5.74) is 2.90. The van der Waals surface area contributed by atoms with Crippen molar-refractivity contribution >= 4 is 0 Å². The molecule has 4 heteroatoms. The van der Waals surface area contributed by atoms with Gasteiger partial charge < -0.3 is 10.4 Å². The predicted octanol–water partition coefficient (Wildman–Crippen LogP) is 1.95. The summed E-state index contributed by atoms with van der Waals surface area (Å²) >= 11 is 0. The Bertz CT molecular complexity index is 501. The molecule has 0 aliphatic rings. The molecule has 0 atom stereocenters. The molecule has 0 radical (unpaired) electrons. The van der Waals surface area contributed by atoms with Crippen molar-refractivity contribution in [2.45, 2.75) is 20.8 Å². The van der Waals surface area contributed by atoms with E-state index in [4.69, 9.17) is 0 Å². The van der Waals surface area contributed by atoms with Gasteiger partial charge in [0.1, 0.15) is 5.69 Å². The van der Waals surface area contributed by atoms with Crippen LogP contribution in [-0.4, -0.2) is 9.94 Å². The van der Waals surface area contributed by atoms with E-state index in [1.165, 1.54) is 0 Å². The van der Waals surface area contributed by atoms with Gasteiger partial charge in [0.2, 0.25) is 0 Å². The number of imidazole rings is 1. The molecule has 1 N–H and O–H groups in total. The Labute approximate surface area is 93.9 Å². The third-order valence-electron chi connectivity index (χ3n) is 2.85. The fraction of sp³-hybridized carbons (Fsp3) is 0.250. The lowest BCUT2D eigenvalue weighted by Crippen LogP contribution is -2.30. The molecule has 2 rings (SSSR count). The average Bonchev–Trinajstić information content (AvgIpc) is 2.46. The third kappa shape index (κ3) is 1.43. The minimum atomic E-state index is 0.259. The van der Waals surface area contributed by atoms with Gasteiger partial charge in [-0.05, 0) is 23.8 Å². The van der Waals surface area contributed by atoms with Crippen molar-refractivity contribution in [3.8, 4) is 11.4 Å². The van der Waals surface area contributed by atoms with Crippen LogP contribution in [0, 0.1) is 26.0 Å². The second-order valence-corrected chi connectivity index (χ2v) is 3.97. The molecule has 0 bridgehead atoms. The first-order valence-electron chi connectivity index (χ1n) is 5.10. The maximum atomic E-state index is 11.8. The summed E-state index contributed by atoms with van der Waals surface area (Å²) in [6, 6.07) is 7.47. The van der Waals surface area contributed by atoms with Gasteiger partial charge in [-0.15, -0.1) is 0 Å². The van der Waals surface area contributed by atoms with Crippen LogP contribution in [-0.2, 0) is 0 Å². The van der Waals surface area contributed by atoms with Crippen LogP contribution < -0.4 is 4.73 Å². The zero-order valence-corrected chi connectivity index (χ0v) is 9.56. The summed E-state index contributed by atoms with van der Waals surface area (Å²) in [6.45, 7) is 5.37. The number of hydrogen-bond acceptors (Lipinski definition) is 2. The van der Waals surface area contributed by atoms with E-state index in [0.29, 0.717) is 17.0 Å². The Balaban J connectivity index is 2.64. The van der Waals surface area contributed by atoms with Crippen LogP contribution in [0.3, 0.4) is 0 Å². The van der Waals surface area contributed by atoms with Gasteiger partial charge in [0, 0.05) is 13.8 Å². The highest BCUT2D eigenvalue weighted by Gasteiger charge is 2.23. The van der Waals surface area contributed by atoms with Crippen molar-refractivity contribution in [1.29, 1.82) is 0 Å². The lowest BCUT2D eigenvalue weighted by atomic mass is 10.1. The molecular formula is C12H14N2O2. The van der Waals surface area contributed by atoms with Crippen LogP contribution in [0.25, 0.3) is 11.4 Å². The molecule has 0 fully saturated rings. The molecule has 4 nitrogen and oxygen atoms in total. The Kier molecular flexibility index (Phi) is 2.34. The molecule has 84 valence electrons. The van der Waals surface area contributed by atoms with Crippen LogP contribution in [0.15, 0.2) is 24.3 Å². The van der Waals surface area contributed by atoms with Crippen molar-refractivity contribution in [3.63, 3.8) is 0 Å². The number of benzene rings is 1. The van der Waals surface area contributed by atoms with Gasteiger partial charge in [-0.2, -0.15) is 0 Å². The quantitative estimate of drug-likeness (QED) is 0.452. The lowest BCUT2D eigenvalue weighted by molar-refractivity contribution is -0.600. The minimum Gasteiger partial charge on any atom is -0.710 e. The molecule has 0 spiro atoms. The smallest absolute Gasteiger partial charge is 0.331 e. The summed E-state index contributed by atoms with van der Waals surface area (Å²) in [4.78, 5) is 0. The van der Waals surface area contributed by atoms with Crippen LogP contribution in [0.2, 0.25) is 0 Å². The van der Waals surface area contributed by atoms with Gasteiger partial charge >= 0.3 is 5.82 Å². The normalized spacial score (nSPS) is 10.7. The molecule has 1 heterocycles. The summed E-state index contributed by atoms with van der Waals surface area (Å²) in [6.07, 6.45) is 0. The number of hydrogen-bond donors (Lipinski definition) is 1. The highest BCUT2D eigenvalue weighted by Crippen LogP contribution is 2.19. The van der Waals surface area contributed by atoms with E-state index in [2.05, 4.69) is 0 Å². The van der Waals surface area contributed by atoms with Gasteiger partial charge in [0.25, 0.3) is 0 Å². The lowest BCUT2D eigenvalue weighted by Gasteiger charge is -2.04. The second kappa shape index (κ2) is 3.56. The minimum absolute atomic E-state index is 0.259. The van der Waals surface area contributed by atoms with Gasteiger partial charge in [-0.3, -0.25) is 0 Å². The zero-order valence-electron chi connectivity index (χ0n) is 9.56. The largest absolute Gasteiger partial charge is 0.710 e. The molecule has 0 saturated carbocycles. The van der Waals surface area contributed by atoms with Crippen molar-refractivity contribution in [2.75, 3.05) is 0 Å². The molecule has 0 aliphatic carbocycles. The molecule has 0 saturated heterocycles. The van der Waals surface area contributed by atoms with Crippen molar-refractivity contribution in [2.24, 2.45) is 0 Å². The molecular weight excluding hydrogens is 204 g/mol. The van der Waals surface area contributed by atoms with Gasteiger partial charge in [0.15, 0.2) is 5.69 Å². The summed E-state index contributed by atoms with van der Waals surface area (Å²) in [7, 11) is 0. The predicted molar refractivity (Wildman–Crippen MR) is 60.2 cm³/mol. The summed E-state index contributed by atoms with van der Waals surface area (Å²) in [5, 5.41) is 21.6. The first kappa shape index (κ1) is 10.5. The Morgan fingerprint density at radius 2 is 1.69 bits per heavy atom. The summed E-state index contributed by atoms with van der Waals surface area (Å²) < 4.78 is 1.69. The highest BCUT2D eigenvalue weighted by atomic mass is 16.5. The SMILES string of the molecule is Cc1ccc(-c2n(O)c(C)c(C)[n+]2[O-])cc1. The van der Waals surface area contributed by atoms with E-state index in [-0.39, 0.29) is 5.82 Å². The van der Waals surface area contributed by atoms with E-state index in [1.54, 1.807) is 13.8 Å². The van der Waals surface area contributed by atoms with Crippen LogP contribution in [0.5, 0.6) is 0 Å². The van der Waals surface area contributed by atoms with Crippen molar-refractivity contribution in [3.05, 3.63) is 46.4 Å². The Morgan fingerprint density at radius 3 is 2.12 bits per heavy atom. The molecule has 2 aromatic rings. The van der Waals surface area contributed by atoms with Gasteiger partial charge in [0.05, 0.1) is 5.56 Å². The molecule has 1 aromatic carbocycles. The molecule has 0 aliphatic heterocycles. The maximum Gasteiger partial charge on any atom is 0.331 e. The van der Waals surface area contributed by atoms with Crippen LogP contribution in [0.1, 0.15) is 17.0 Å². The summed E-state index contributed by atoms with van der Waals surface area (Å²) in [5.74, 6) is 0.259. The molecule has 0 unspecified atom stereocenters. The zero-order chi connectivity index (χ0) is 11.9. The Morgan fingerprint density at radius 1 is 1.12 bits per heavy atom. The van der Waals surface area contributed by atoms with Crippen LogP contribution in [0.4, 0.5) is 0 Å². The second-order valence-electron chi connectivity index (χ2n) is 3.97. The first-order valence-corrected chi connectivity index (χ1v) is 5.10. The monoisotopic (exact) mass is 218 g/mol. The highest BCUT2D eigenvalue weighted by molar-refractivity contribution is 5.53.